The highest BCUT2D eigenvalue weighted by molar-refractivity contribution is 5.95. The number of benzene rings is 1. The van der Waals surface area contributed by atoms with Gasteiger partial charge in [0.1, 0.15) is 0 Å². The van der Waals surface area contributed by atoms with Gasteiger partial charge in [-0.3, -0.25) is 9.59 Å². The van der Waals surface area contributed by atoms with Gasteiger partial charge < -0.3 is 15.3 Å². The summed E-state index contributed by atoms with van der Waals surface area (Å²) in [6.45, 7) is 1.41. The van der Waals surface area contributed by atoms with Crippen molar-refractivity contribution in [2.75, 3.05) is 18.1 Å². The van der Waals surface area contributed by atoms with E-state index in [2.05, 4.69) is 5.32 Å². The fourth-order valence-electron chi connectivity index (χ4n) is 2.40. The Bertz CT molecular complexity index is 485. The normalized spacial score (nSPS) is 14.5. The summed E-state index contributed by atoms with van der Waals surface area (Å²) in [6, 6.07) is 7.73. The molecule has 1 aliphatic rings. The van der Waals surface area contributed by atoms with E-state index in [1.807, 2.05) is 24.3 Å². The smallest absolute Gasteiger partial charge is 0.227 e. The number of unbranched alkanes of at least 4 members (excludes halogenated alkanes) is 1. The van der Waals surface area contributed by atoms with Gasteiger partial charge in [0.05, 0.1) is 0 Å². The standard InChI is InChI=1S/C16H22N2O3/c19-11-2-1-4-15(20)17-12-13-6-8-14(9-7-13)18-10-3-5-16(18)21/h6-9,19H,1-5,10-12H2,(H,17,20). The van der Waals surface area contributed by atoms with E-state index >= 15 is 0 Å². The van der Waals surface area contributed by atoms with Crippen molar-refractivity contribution in [3.05, 3.63) is 29.8 Å². The summed E-state index contributed by atoms with van der Waals surface area (Å²) in [5, 5.41) is 11.5. The van der Waals surface area contributed by atoms with Crippen LogP contribution in [0.25, 0.3) is 0 Å². The maximum atomic E-state index is 11.7. The molecule has 114 valence electrons. The van der Waals surface area contributed by atoms with Crippen molar-refractivity contribution in [3.8, 4) is 0 Å². The predicted octanol–water partition coefficient (Wildman–Crippen LogP) is 1.59. The fraction of sp³-hybridized carbons (Fsp3) is 0.500. The molecule has 0 unspecified atom stereocenters. The van der Waals surface area contributed by atoms with Crippen molar-refractivity contribution in [2.24, 2.45) is 0 Å². The molecule has 2 rings (SSSR count). The zero-order chi connectivity index (χ0) is 15.1. The lowest BCUT2D eigenvalue weighted by molar-refractivity contribution is -0.121. The molecule has 21 heavy (non-hydrogen) atoms. The van der Waals surface area contributed by atoms with Crippen LogP contribution in [0.1, 0.15) is 37.7 Å². The Morgan fingerprint density at radius 2 is 2.00 bits per heavy atom. The lowest BCUT2D eigenvalue weighted by Crippen LogP contribution is -2.24. The second kappa shape index (κ2) is 7.78. The summed E-state index contributed by atoms with van der Waals surface area (Å²) in [7, 11) is 0. The van der Waals surface area contributed by atoms with Crippen molar-refractivity contribution >= 4 is 17.5 Å². The first-order valence-electron chi connectivity index (χ1n) is 7.47. The van der Waals surface area contributed by atoms with Crippen molar-refractivity contribution < 1.29 is 14.7 Å². The highest BCUT2D eigenvalue weighted by atomic mass is 16.3. The number of aliphatic hydroxyl groups excluding tert-OH is 1. The number of nitrogens with one attached hydrogen (secondary N) is 1. The van der Waals surface area contributed by atoms with Crippen LogP contribution in [-0.4, -0.2) is 30.1 Å². The summed E-state index contributed by atoms with van der Waals surface area (Å²) in [5.74, 6) is 0.183. The minimum absolute atomic E-state index is 0.00208. The van der Waals surface area contributed by atoms with Crippen molar-refractivity contribution in [1.82, 2.24) is 5.32 Å². The Hall–Kier alpha value is -1.88. The topological polar surface area (TPSA) is 69.6 Å². The number of aliphatic hydroxyl groups is 1. The third-order valence-corrected chi connectivity index (χ3v) is 3.62. The number of hydrogen-bond donors (Lipinski definition) is 2. The molecule has 0 aliphatic carbocycles. The number of rotatable bonds is 7. The summed E-state index contributed by atoms with van der Waals surface area (Å²) in [5.41, 5.74) is 1.94. The van der Waals surface area contributed by atoms with Crippen LogP contribution in [0.3, 0.4) is 0 Å². The van der Waals surface area contributed by atoms with E-state index in [1.165, 1.54) is 0 Å². The molecule has 1 heterocycles. The summed E-state index contributed by atoms with van der Waals surface area (Å²) >= 11 is 0. The second-order valence-electron chi connectivity index (χ2n) is 5.27. The number of anilines is 1. The summed E-state index contributed by atoms with van der Waals surface area (Å²) in [4.78, 5) is 25.0. The van der Waals surface area contributed by atoms with Gasteiger partial charge in [0.25, 0.3) is 0 Å². The fourth-order valence-corrected chi connectivity index (χ4v) is 2.40. The van der Waals surface area contributed by atoms with E-state index in [1.54, 1.807) is 4.90 Å². The molecule has 0 atom stereocenters. The Labute approximate surface area is 125 Å². The lowest BCUT2D eigenvalue weighted by Gasteiger charge is -2.16. The molecule has 2 amide bonds. The van der Waals surface area contributed by atoms with Gasteiger partial charge in [0, 0.05) is 38.2 Å². The molecule has 0 spiro atoms. The molecule has 1 aromatic rings. The molecule has 2 N–H and O–H groups in total. The quantitative estimate of drug-likeness (QED) is 0.749. The average Bonchev–Trinajstić information content (AvgIpc) is 2.92. The van der Waals surface area contributed by atoms with E-state index in [4.69, 9.17) is 5.11 Å². The molecule has 0 bridgehead atoms. The molecule has 1 aromatic carbocycles. The van der Waals surface area contributed by atoms with Crippen LogP contribution in [0.2, 0.25) is 0 Å². The van der Waals surface area contributed by atoms with E-state index < -0.39 is 0 Å². The third kappa shape index (κ3) is 4.56. The minimum atomic E-state index is 0.00208. The second-order valence-corrected chi connectivity index (χ2v) is 5.27. The van der Waals surface area contributed by atoms with Crippen LogP contribution in [0.15, 0.2) is 24.3 Å². The Balaban J connectivity index is 1.80. The molecule has 0 radical (unpaired) electrons. The molecular formula is C16H22N2O3. The van der Waals surface area contributed by atoms with Gasteiger partial charge in [-0.05, 0) is 37.0 Å². The first-order valence-corrected chi connectivity index (χ1v) is 7.47. The Morgan fingerprint density at radius 3 is 2.62 bits per heavy atom. The lowest BCUT2D eigenvalue weighted by atomic mass is 10.2. The van der Waals surface area contributed by atoms with Gasteiger partial charge in [0.2, 0.25) is 11.8 Å². The maximum absolute atomic E-state index is 11.7. The van der Waals surface area contributed by atoms with E-state index in [9.17, 15) is 9.59 Å². The van der Waals surface area contributed by atoms with Crippen LogP contribution in [0.4, 0.5) is 5.69 Å². The van der Waals surface area contributed by atoms with Crippen molar-refractivity contribution in [1.29, 1.82) is 0 Å². The summed E-state index contributed by atoms with van der Waals surface area (Å²) < 4.78 is 0. The van der Waals surface area contributed by atoms with Gasteiger partial charge in [-0.25, -0.2) is 0 Å². The number of amides is 2. The van der Waals surface area contributed by atoms with Crippen LogP contribution in [0, 0.1) is 0 Å². The first kappa shape index (κ1) is 15.5. The van der Waals surface area contributed by atoms with Gasteiger partial charge in [-0.1, -0.05) is 12.1 Å². The number of carbonyl (C=O) groups excluding carboxylic acids is 2. The third-order valence-electron chi connectivity index (χ3n) is 3.62. The zero-order valence-electron chi connectivity index (χ0n) is 12.2. The minimum Gasteiger partial charge on any atom is -0.396 e. The van der Waals surface area contributed by atoms with Crippen LogP contribution in [-0.2, 0) is 16.1 Å². The molecule has 0 aromatic heterocycles. The molecule has 5 heteroatoms. The highest BCUT2D eigenvalue weighted by Gasteiger charge is 2.21. The van der Waals surface area contributed by atoms with Gasteiger partial charge >= 0.3 is 0 Å². The molecular weight excluding hydrogens is 268 g/mol. The van der Waals surface area contributed by atoms with Crippen LogP contribution < -0.4 is 10.2 Å². The largest absolute Gasteiger partial charge is 0.396 e. The molecule has 1 aliphatic heterocycles. The average molecular weight is 290 g/mol. The SMILES string of the molecule is O=C(CCCCO)NCc1ccc(N2CCCC2=O)cc1. The zero-order valence-corrected chi connectivity index (χ0v) is 12.2. The van der Waals surface area contributed by atoms with Crippen LogP contribution in [0.5, 0.6) is 0 Å². The number of carbonyl (C=O) groups is 2. The highest BCUT2D eigenvalue weighted by Crippen LogP contribution is 2.21. The molecule has 5 nitrogen and oxygen atoms in total. The summed E-state index contributed by atoms with van der Waals surface area (Å²) in [6.07, 6.45) is 3.36. The van der Waals surface area contributed by atoms with Crippen molar-refractivity contribution in [3.63, 3.8) is 0 Å². The monoisotopic (exact) mass is 290 g/mol. The Kier molecular flexibility index (Phi) is 5.75. The van der Waals surface area contributed by atoms with E-state index in [0.29, 0.717) is 32.2 Å². The van der Waals surface area contributed by atoms with Gasteiger partial charge in [-0.2, -0.15) is 0 Å². The Morgan fingerprint density at radius 1 is 1.24 bits per heavy atom. The predicted molar refractivity (Wildman–Crippen MR) is 80.8 cm³/mol. The van der Waals surface area contributed by atoms with Crippen LogP contribution >= 0.6 is 0 Å². The molecule has 1 saturated heterocycles. The van der Waals surface area contributed by atoms with Gasteiger partial charge in [-0.15, -0.1) is 0 Å². The van der Waals surface area contributed by atoms with Crippen molar-refractivity contribution in [2.45, 2.75) is 38.6 Å². The van der Waals surface area contributed by atoms with E-state index in [0.717, 1.165) is 24.2 Å². The van der Waals surface area contributed by atoms with E-state index in [-0.39, 0.29) is 18.4 Å². The van der Waals surface area contributed by atoms with Gasteiger partial charge in [0.15, 0.2) is 0 Å². The molecule has 1 fully saturated rings. The number of hydrogen-bond acceptors (Lipinski definition) is 3. The maximum Gasteiger partial charge on any atom is 0.227 e. The molecule has 0 saturated carbocycles. The first-order chi connectivity index (χ1) is 10.2. The number of nitrogens with zero attached hydrogens (tertiary/aromatic N) is 1.